The van der Waals surface area contributed by atoms with Gasteiger partial charge in [-0.15, -0.1) is 66.5 Å². The van der Waals surface area contributed by atoms with Crippen LogP contribution in [0, 0.1) is 0 Å². The zero-order valence-corrected chi connectivity index (χ0v) is 19.6. The third-order valence-corrected chi connectivity index (χ3v) is 10.1. The summed E-state index contributed by atoms with van der Waals surface area (Å²) in [6, 6.07) is 15.6. The summed E-state index contributed by atoms with van der Waals surface area (Å²) < 4.78 is 0. The molecule has 0 spiro atoms. The summed E-state index contributed by atoms with van der Waals surface area (Å²) in [5.74, 6) is 0. The second-order valence-electron chi connectivity index (χ2n) is 5.27. The third kappa shape index (κ3) is 9.93. The summed E-state index contributed by atoms with van der Waals surface area (Å²) in [5.41, 5.74) is 2.39. The van der Waals surface area contributed by atoms with Gasteiger partial charge in [0.15, 0.2) is 0 Å². The molecule has 8 heteroatoms. The van der Waals surface area contributed by atoms with E-state index in [1.165, 1.54) is 5.56 Å². The molecule has 0 aromatic heterocycles. The molecule has 0 saturated heterocycles. The lowest BCUT2D eigenvalue weighted by Gasteiger charge is -2.17. The molecule has 2 aromatic carbocycles. The van der Waals surface area contributed by atoms with Gasteiger partial charge in [0, 0.05) is 5.54 Å². The van der Waals surface area contributed by atoms with Gasteiger partial charge in [-0.05, 0) is 23.6 Å². The van der Waals surface area contributed by atoms with Crippen LogP contribution in [0.5, 0.6) is 0 Å². The molecule has 0 bridgehead atoms. The number of hydrogen-bond acceptors (Lipinski definition) is 0. The van der Waals surface area contributed by atoms with E-state index in [0.29, 0.717) is 6.04 Å². The maximum atomic E-state index is 5.89. The van der Waals surface area contributed by atoms with Gasteiger partial charge >= 0.3 is 12.0 Å². The Morgan fingerprint density at radius 2 is 1.21 bits per heavy atom. The van der Waals surface area contributed by atoms with Gasteiger partial charge < -0.3 is 0 Å². The van der Waals surface area contributed by atoms with Gasteiger partial charge in [0.25, 0.3) is 0 Å². The SMILES string of the molecule is CC(c1ccccc1)[Si](Cl)(Cl)Cl.Cl[Si](Cl)(Cl)CCc1ccccc1. The van der Waals surface area contributed by atoms with E-state index in [1.807, 2.05) is 67.6 Å². The Morgan fingerprint density at radius 1 is 0.750 bits per heavy atom. The molecule has 0 fully saturated rings. The molecule has 0 nitrogen and oxygen atoms in total. The smallest absolute Gasteiger partial charge is 0.126 e. The molecule has 132 valence electrons. The van der Waals surface area contributed by atoms with Crippen LogP contribution in [0.2, 0.25) is 6.04 Å². The first-order chi connectivity index (χ1) is 11.1. The van der Waals surface area contributed by atoms with Crippen LogP contribution in [0.25, 0.3) is 0 Å². The fourth-order valence-electron chi connectivity index (χ4n) is 1.86. The van der Waals surface area contributed by atoms with E-state index < -0.39 is 12.0 Å². The van der Waals surface area contributed by atoms with Crippen molar-refractivity contribution in [2.45, 2.75) is 24.9 Å². The molecule has 1 atom stereocenters. The monoisotopic (exact) mass is 476 g/mol. The molecule has 0 radical (unpaired) electrons. The molecule has 0 aliphatic rings. The molecule has 0 N–H and O–H groups in total. The molecule has 0 saturated carbocycles. The van der Waals surface area contributed by atoms with E-state index >= 15 is 0 Å². The van der Waals surface area contributed by atoms with Gasteiger partial charge in [-0.2, -0.15) is 0 Å². The largest absolute Gasteiger partial charge is 0.348 e. The Balaban J connectivity index is 0.000000240. The zero-order chi connectivity index (χ0) is 18.2. The highest BCUT2D eigenvalue weighted by Gasteiger charge is 2.34. The first-order valence-electron chi connectivity index (χ1n) is 7.32. The minimum atomic E-state index is -2.58. The van der Waals surface area contributed by atoms with Crippen molar-refractivity contribution in [2.24, 2.45) is 0 Å². The number of hydrogen-bond donors (Lipinski definition) is 0. The van der Waals surface area contributed by atoms with Gasteiger partial charge in [0.05, 0.1) is 0 Å². The molecule has 24 heavy (non-hydrogen) atoms. The van der Waals surface area contributed by atoms with Gasteiger partial charge in [0.1, 0.15) is 0 Å². The fraction of sp³-hybridized carbons (Fsp3) is 0.250. The molecule has 0 aliphatic carbocycles. The van der Waals surface area contributed by atoms with E-state index in [0.717, 1.165) is 12.0 Å². The summed E-state index contributed by atoms with van der Waals surface area (Å²) in [7, 11) is 0. The van der Waals surface area contributed by atoms with E-state index in [-0.39, 0.29) is 5.54 Å². The Bertz CT molecular complexity index is 581. The average Bonchev–Trinajstić information content (AvgIpc) is 2.53. The maximum Gasteiger partial charge on any atom is 0.348 e. The molecule has 0 aliphatic heterocycles. The van der Waals surface area contributed by atoms with Gasteiger partial charge in [-0.3, -0.25) is 0 Å². The van der Waals surface area contributed by atoms with E-state index in [4.69, 9.17) is 66.5 Å². The first kappa shape index (κ1) is 22.7. The van der Waals surface area contributed by atoms with Crippen LogP contribution in [-0.2, 0) is 6.42 Å². The van der Waals surface area contributed by atoms with Crippen molar-refractivity contribution in [2.75, 3.05) is 0 Å². The highest BCUT2D eigenvalue weighted by Crippen LogP contribution is 2.35. The topological polar surface area (TPSA) is 0 Å². The van der Waals surface area contributed by atoms with Crippen molar-refractivity contribution in [3.63, 3.8) is 0 Å². The van der Waals surface area contributed by atoms with E-state index in [1.54, 1.807) is 0 Å². The normalized spacial score (nSPS) is 13.0. The van der Waals surface area contributed by atoms with Crippen LogP contribution in [0.4, 0.5) is 0 Å². The van der Waals surface area contributed by atoms with E-state index in [9.17, 15) is 0 Å². The second-order valence-corrected chi connectivity index (χ2v) is 23.6. The number of benzene rings is 2. The van der Waals surface area contributed by atoms with Crippen LogP contribution in [0.3, 0.4) is 0 Å². The number of aryl methyl sites for hydroxylation is 1. The van der Waals surface area contributed by atoms with Crippen LogP contribution < -0.4 is 0 Å². The fourth-order valence-corrected chi connectivity index (χ4v) is 4.99. The van der Waals surface area contributed by atoms with Crippen molar-refractivity contribution in [1.82, 2.24) is 0 Å². The second kappa shape index (κ2) is 10.7. The Hall–Kier alpha value is 0.614. The third-order valence-electron chi connectivity index (χ3n) is 3.33. The first-order valence-corrected chi connectivity index (χ1v) is 17.7. The lowest BCUT2D eigenvalue weighted by atomic mass is 10.2. The molecule has 2 aromatic rings. The van der Waals surface area contributed by atoms with Crippen molar-refractivity contribution >= 4 is 78.5 Å². The Kier molecular flexibility index (Phi) is 10.1. The Morgan fingerprint density at radius 3 is 1.62 bits per heavy atom. The minimum absolute atomic E-state index is 0.0590. The van der Waals surface area contributed by atoms with Crippen LogP contribution in [0.1, 0.15) is 23.6 Å². The molecule has 2 rings (SSSR count). The van der Waals surface area contributed by atoms with Gasteiger partial charge in [0.2, 0.25) is 0 Å². The lowest BCUT2D eigenvalue weighted by molar-refractivity contribution is 1.07. The maximum absolute atomic E-state index is 5.89. The summed E-state index contributed by atoms with van der Waals surface area (Å²) in [4.78, 5) is 0. The van der Waals surface area contributed by atoms with E-state index in [2.05, 4.69) is 0 Å². The zero-order valence-electron chi connectivity index (χ0n) is 13.0. The average molecular weight is 479 g/mol. The molecular formula is C16H18Cl6Si2. The molecule has 0 heterocycles. The minimum Gasteiger partial charge on any atom is -0.126 e. The highest BCUT2D eigenvalue weighted by atomic mass is 35.8. The lowest BCUT2D eigenvalue weighted by Crippen LogP contribution is -2.20. The number of halogens is 6. The van der Waals surface area contributed by atoms with Crippen LogP contribution in [-0.4, -0.2) is 12.0 Å². The van der Waals surface area contributed by atoms with Crippen molar-refractivity contribution in [3.8, 4) is 0 Å². The standard InChI is InChI=1S/2C8H9Cl3Si/c1-7(12(9,10)11)8-5-3-2-4-6-8;9-12(10,11)7-6-8-4-2-1-3-5-8/h2-7H,1H3;1-5H,6-7H2. The van der Waals surface area contributed by atoms with Gasteiger partial charge in [-0.25, -0.2) is 0 Å². The predicted octanol–water partition coefficient (Wildman–Crippen LogP) is 7.87. The summed E-state index contributed by atoms with van der Waals surface area (Å²) in [5, 5.41) is 0. The summed E-state index contributed by atoms with van der Waals surface area (Å²) in [6.07, 6.45) is 0.865. The van der Waals surface area contributed by atoms with Crippen molar-refractivity contribution < 1.29 is 0 Å². The predicted molar refractivity (Wildman–Crippen MR) is 116 cm³/mol. The Labute approximate surface area is 174 Å². The van der Waals surface area contributed by atoms with Crippen LogP contribution >= 0.6 is 66.5 Å². The molecular weight excluding hydrogens is 461 g/mol. The van der Waals surface area contributed by atoms with Crippen molar-refractivity contribution in [1.29, 1.82) is 0 Å². The number of rotatable bonds is 5. The summed E-state index contributed by atoms with van der Waals surface area (Å²) >= 11 is 34.9. The molecule has 1 unspecified atom stereocenters. The highest BCUT2D eigenvalue weighted by molar-refractivity contribution is 7.65. The van der Waals surface area contributed by atoms with Gasteiger partial charge in [-0.1, -0.05) is 67.6 Å². The molecule has 0 amide bonds. The van der Waals surface area contributed by atoms with Crippen molar-refractivity contribution in [3.05, 3.63) is 71.8 Å². The summed E-state index contributed by atoms with van der Waals surface area (Å²) in [6.45, 7) is 1.95. The quantitative estimate of drug-likeness (QED) is 0.303. The van der Waals surface area contributed by atoms with Crippen LogP contribution in [0.15, 0.2) is 60.7 Å².